The first-order valence-electron chi connectivity index (χ1n) is 9.60. The molecule has 2 aromatic rings. The van der Waals surface area contributed by atoms with Gasteiger partial charge < -0.3 is 24.3 Å². The molecule has 1 atom stereocenters. The SMILES string of the molecule is COc1ccc(/C=C/C(=O)OC2(c3ccccc3)CCCNC2)c(OC)c1OC. The maximum Gasteiger partial charge on any atom is 0.331 e. The maximum absolute atomic E-state index is 12.7. The molecule has 1 aliphatic heterocycles. The Hall–Kier alpha value is -2.99. The van der Waals surface area contributed by atoms with Crippen LogP contribution in [0.25, 0.3) is 6.08 Å². The predicted octanol–water partition coefficient (Wildman–Crippen LogP) is 3.55. The normalized spacial score (nSPS) is 19.0. The summed E-state index contributed by atoms with van der Waals surface area (Å²) < 4.78 is 22.1. The Morgan fingerprint density at radius 2 is 1.76 bits per heavy atom. The Morgan fingerprint density at radius 3 is 2.38 bits per heavy atom. The molecular weight excluding hydrogens is 370 g/mol. The van der Waals surface area contributed by atoms with Gasteiger partial charge in [0.2, 0.25) is 5.75 Å². The van der Waals surface area contributed by atoms with Crippen molar-refractivity contribution in [2.75, 3.05) is 34.4 Å². The molecule has 0 spiro atoms. The highest BCUT2D eigenvalue weighted by Gasteiger charge is 2.37. The second-order valence-electron chi connectivity index (χ2n) is 6.82. The smallest absolute Gasteiger partial charge is 0.331 e. The molecule has 6 nitrogen and oxygen atoms in total. The van der Waals surface area contributed by atoms with Crippen molar-refractivity contribution in [3.05, 3.63) is 59.7 Å². The number of benzene rings is 2. The molecule has 0 radical (unpaired) electrons. The predicted molar refractivity (Wildman–Crippen MR) is 111 cm³/mol. The second kappa shape index (κ2) is 9.47. The third-order valence-corrected chi connectivity index (χ3v) is 5.07. The average molecular weight is 397 g/mol. The fourth-order valence-corrected chi connectivity index (χ4v) is 3.65. The summed E-state index contributed by atoms with van der Waals surface area (Å²) in [5.74, 6) is 1.12. The Kier molecular flexibility index (Phi) is 6.77. The van der Waals surface area contributed by atoms with E-state index in [0.717, 1.165) is 24.9 Å². The van der Waals surface area contributed by atoms with Gasteiger partial charge in [0.25, 0.3) is 0 Å². The molecule has 1 heterocycles. The summed E-state index contributed by atoms with van der Waals surface area (Å²) in [6.07, 6.45) is 4.81. The van der Waals surface area contributed by atoms with E-state index in [9.17, 15) is 4.79 Å². The van der Waals surface area contributed by atoms with Crippen molar-refractivity contribution in [2.24, 2.45) is 0 Å². The number of carbonyl (C=O) groups is 1. The zero-order valence-corrected chi connectivity index (χ0v) is 17.1. The lowest BCUT2D eigenvalue weighted by Crippen LogP contribution is -2.46. The molecule has 0 bridgehead atoms. The quantitative estimate of drug-likeness (QED) is 0.569. The van der Waals surface area contributed by atoms with Crippen LogP contribution in [0.3, 0.4) is 0 Å². The number of rotatable bonds is 7. The van der Waals surface area contributed by atoms with Gasteiger partial charge in [0, 0.05) is 18.2 Å². The summed E-state index contributed by atoms with van der Waals surface area (Å²) in [6.45, 7) is 1.51. The van der Waals surface area contributed by atoms with Crippen molar-refractivity contribution in [1.29, 1.82) is 0 Å². The van der Waals surface area contributed by atoms with Crippen LogP contribution in [0.2, 0.25) is 0 Å². The summed E-state index contributed by atoms with van der Waals surface area (Å²) in [5, 5.41) is 3.35. The minimum atomic E-state index is -0.664. The van der Waals surface area contributed by atoms with Crippen LogP contribution in [-0.2, 0) is 15.1 Å². The van der Waals surface area contributed by atoms with Crippen molar-refractivity contribution in [2.45, 2.75) is 18.4 Å². The number of piperidine rings is 1. The van der Waals surface area contributed by atoms with Gasteiger partial charge >= 0.3 is 5.97 Å². The zero-order chi connectivity index (χ0) is 20.7. The van der Waals surface area contributed by atoms with E-state index in [0.29, 0.717) is 29.4 Å². The third kappa shape index (κ3) is 4.54. The van der Waals surface area contributed by atoms with Crippen LogP contribution in [0.15, 0.2) is 48.5 Å². The molecular formula is C23H27NO5. The van der Waals surface area contributed by atoms with Gasteiger partial charge in [-0.1, -0.05) is 30.3 Å². The molecule has 0 aromatic heterocycles. The van der Waals surface area contributed by atoms with Gasteiger partial charge in [0.15, 0.2) is 11.5 Å². The Bertz CT molecular complexity index is 857. The summed E-state index contributed by atoms with van der Waals surface area (Å²) in [4.78, 5) is 12.7. The van der Waals surface area contributed by atoms with Crippen LogP contribution in [0.5, 0.6) is 17.2 Å². The zero-order valence-electron chi connectivity index (χ0n) is 17.1. The van der Waals surface area contributed by atoms with Crippen molar-refractivity contribution >= 4 is 12.0 Å². The molecule has 29 heavy (non-hydrogen) atoms. The van der Waals surface area contributed by atoms with Gasteiger partial charge in [-0.2, -0.15) is 0 Å². The Labute approximate surface area is 171 Å². The Morgan fingerprint density at radius 1 is 1.00 bits per heavy atom. The standard InChI is InChI=1S/C23H27NO5/c1-26-19-12-10-17(21(27-2)22(19)28-3)11-13-20(25)29-23(14-7-15-24-16-23)18-8-5-4-6-9-18/h4-6,8-13,24H,7,14-16H2,1-3H3/b13-11+. The Balaban J connectivity index is 1.83. The highest BCUT2D eigenvalue weighted by molar-refractivity contribution is 5.88. The molecule has 2 aromatic carbocycles. The number of ether oxygens (including phenoxy) is 4. The van der Waals surface area contributed by atoms with Gasteiger partial charge in [-0.15, -0.1) is 0 Å². The van der Waals surface area contributed by atoms with Crippen LogP contribution in [0, 0.1) is 0 Å². The van der Waals surface area contributed by atoms with E-state index in [1.54, 1.807) is 39.5 Å². The molecule has 154 valence electrons. The topological polar surface area (TPSA) is 66.0 Å². The van der Waals surface area contributed by atoms with E-state index in [2.05, 4.69) is 5.32 Å². The number of hydrogen-bond donors (Lipinski definition) is 1. The first-order valence-corrected chi connectivity index (χ1v) is 9.60. The molecule has 1 aliphatic rings. The van der Waals surface area contributed by atoms with E-state index in [1.165, 1.54) is 6.08 Å². The van der Waals surface area contributed by atoms with Crippen LogP contribution >= 0.6 is 0 Å². The lowest BCUT2D eigenvalue weighted by molar-refractivity contribution is -0.156. The van der Waals surface area contributed by atoms with E-state index >= 15 is 0 Å². The van der Waals surface area contributed by atoms with Crippen molar-refractivity contribution in [3.8, 4) is 17.2 Å². The van der Waals surface area contributed by atoms with Gasteiger partial charge in [-0.05, 0) is 43.2 Å². The highest BCUT2D eigenvalue weighted by atomic mass is 16.6. The van der Waals surface area contributed by atoms with Crippen LogP contribution in [-0.4, -0.2) is 40.4 Å². The minimum absolute atomic E-state index is 0.408. The minimum Gasteiger partial charge on any atom is -0.493 e. The highest BCUT2D eigenvalue weighted by Crippen LogP contribution is 2.40. The summed E-state index contributed by atoms with van der Waals surface area (Å²) in [5.41, 5.74) is 1.03. The second-order valence-corrected chi connectivity index (χ2v) is 6.82. The van der Waals surface area contributed by atoms with Crippen molar-refractivity contribution in [1.82, 2.24) is 5.32 Å². The van der Waals surface area contributed by atoms with E-state index in [-0.39, 0.29) is 0 Å². The molecule has 6 heteroatoms. The van der Waals surface area contributed by atoms with E-state index in [1.807, 2.05) is 30.3 Å². The molecule has 1 N–H and O–H groups in total. The van der Waals surface area contributed by atoms with Gasteiger partial charge in [-0.25, -0.2) is 4.79 Å². The number of nitrogens with one attached hydrogen (secondary N) is 1. The molecule has 1 fully saturated rings. The lowest BCUT2D eigenvalue weighted by Gasteiger charge is -2.37. The van der Waals surface area contributed by atoms with Crippen molar-refractivity contribution < 1.29 is 23.7 Å². The fraction of sp³-hybridized carbons (Fsp3) is 0.348. The molecule has 0 saturated carbocycles. The lowest BCUT2D eigenvalue weighted by atomic mass is 9.86. The first-order chi connectivity index (χ1) is 14.1. The summed E-state index contributed by atoms with van der Waals surface area (Å²) >= 11 is 0. The number of esters is 1. The third-order valence-electron chi connectivity index (χ3n) is 5.07. The number of hydrogen-bond acceptors (Lipinski definition) is 6. The van der Waals surface area contributed by atoms with Gasteiger partial charge in [0.05, 0.1) is 21.3 Å². The van der Waals surface area contributed by atoms with E-state index < -0.39 is 11.6 Å². The van der Waals surface area contributed by atoms with Crippen LogP contribution < -0.4 is 19.5 Å². The summed E-state index contributed by atoms with van der Waals surface area (Å²) in [7, 11) is 4.65. The average Bonchev–Trinajstić information content (AvgIpc) is 2.78. The number of carbonyl (C=O) groups excluding carboxylic acids is 1. The molecule has 0 aliphatic carbocycles. The molecule has 1 saturated heterocycles. The molecule has 0 amide bonds. The largest absolute Gasteiger partial charge is 0.493 e. The maximum atomic E-state index is 12.7. The number of methoxy groups -OCH3 is 3. The van der Waals surface area contributed by atoms with E-state index in [4.69, 9.17) is 18.9 Å². The van der Waals surface area contributed by atoms with Gasteiger partial charge in [-0.3, -0.25) is 0 Å². The van der Waals surface area contributed by atoms with Crippen molar-refractivity contribution in [3.63, 3.8) is 0 Å². The molecule has 3 rings (SSSR count). The monoisotopic (exact) mass is 397 g/mol. The van der Waals surface area contributed by atoms with Crippen LogP contribution in [0.1, 0.15) is 24.0 Å². The van der Waals surface area contributed by atoms with Gasteiger partial charge in [0.1, 0.15) is 5.60 Å². The molecule has 1 unspecified atom stereocenters. The first kappa shape index (κ1) is 20.7. The fourth-order valence-electron chi connectivity index (χ4n) is 3.65. The summed E-state index contributed by atoms with van der Waals surface area (Å²) in [6, 6.07) is 13.5. The van der Waals surface area contributed by atoms with Crippen LogP contribution in [0.4, 0.5) is 0 Å².